The predicted octanol–water partition coefficient (Wildman–Crippen LogP) is 4.56. The van der Waals surface area contributed by atoms with E-state index in [1.165, 1.54) is 12.1 Å². The number of anilines is 1. The van der Waals surface area contributed by atoms with Gasteiger partial charge in [-0.05, 0) is 43.4 Å². The standard InChI is InChI=1S/C18H14Cl2FN3OS/c1-9-14(17(25)23-13-8-3-2-5-10(13)19)16(24-18(26)22-9)15-11(20)6-4-7-12(15)21/h2-8,16H,1H3,(H,23,25)(H2,22,24,26). The number of carbonyl (C=O) groups excluding carboxylic acids is 1. The van der Waals surface area contributed by atoms with Crippen molar-refractivity contribution in [1.29, 1.82) is 0 Å². The van der Waals surface area contributed by atoms with Crippen molar-refractivity contribution in [3.63, 3.8) is 0 Å². The number of para-hydroxylation sites is 1. The molecule has 0 aromatic heterocycles. The van der Waals surface area contributed by atoms with Crippen LogP contribution < -0.4 is 16.0 Å². The molecule has 0 aliphatic carbocycles. The molecule has 1 unspecified atom stereocenters. The number of thiocarbonyl (C=S) groups is 1. The van der Waals surface area contributed by atoms with Crippen LogP contribution in [-0.4, -0.2) is 11.0 Å². The summed E-state index contributed by atoms with van der Waals surface area (Å²) in [6, 6.07) is 10.4. The van der Waals surface area contributed by atoms with E-state index in [1.807, 2.05) is 0 Å². The molecule has 3 N–H and O–H groups in total. The Morgan fingerprint density at radius 1 is 1.15 bits per heavy atom. The highest BCUT2D eigenvalue weighted by atomic mass is 35.5. The molecule has 1 aliphatic heterocycles. The van der Waals surface area contributed by atoms with Gasteiger partial charge in [0.05, 0.1) is 22.3 Å². The smallest absolute Gasteiger partial charge is 0.255 e. The molecule has 8 heteroatoms. The first kappa shape index (κ1) is 18.6. The zero-order chi connectivity index (χ0) is 18.8. The molecular weight excluding hydrogens is 396 g/mol. The first-order chi connectivity index (χ1) is 12.4. The van der Waals surface area contributed by atoms with Crippen molar-refractivity contribution in [3.05, 3.63) is 75.2 Å². The van der Waals surface area contributed by atoms with Crippen LogP contribution in [0.15, 0.2) is 53.7 Å². The molecule has 0 bridgehead atoms. The minimum absolute atomic E-state index is 0.154. The molecule has 0 spiro atoms. The fraction of sp³-hybridized carbons (Fsp3) is 0.111. The van der Waals surface area contributed by atoms with Crippen molar-refractivity contribution in [1.82, 2.24) is 10.6 Å². The van der Waals surface area contributed by atoms with Gasteiger partial charge in [-0.2, -0.15) is 0 Å². The largest absolute Gasteiger partial charge is 0.351 e. The molecule has 26 heavy (non-hydrogen) atoms. The lowest BCUT2D eigenvalue weighted by molar-refractivity contribution is -0.113. The summed E-state index contributed by atoms with van der Waals surface area (Å²) in [5, 5.41) is 9.43. The van der Waals surface area contributed by atoms with E-state index < -0.39 is 17.8 Å². The predicted molar refractivity (Wildman–Crippen MR) is 106 cm³/mol. The monoisotopic (exact) mass is 409 g/mol. The van der Waals surface area contributed by atoms with Gasteiger partial charge in [-0.25, -0.2) is 4.39 Å². The van der Waals surface area contributed by atoms with Gasteiger partial charge in [0, 0.05) is 16.3 Å². The van der Waals surface area contributed by atoms with E-state index in [-0.39, 0.29) is 21.3 Å². The second-order valence-electron chi connectivity index (χ2n) is 5.64. The third-order valence-corrected chi connectivity index (χ3v) is 4.80. The first-order valence-electron chi connectivity index (χ1n) is 7.66. The maximum Gasteiger partial charge on any atom is 0.255 e. The van der Waals surface area contributed by atoms with Gasteiger partial charge in [-0.15, -0.1) is 0 Å². The molecule has 4 nitrogen and oxygen atoms in total. The molecule has 0 radical (unpaired) electrons. The van der Waals surface area contributed by atoms with Crippen LogP contribution in [-0.2, 0) is 4.79 Å². The summed E-state index contributed by atoms with van der Waals surface area (Å²) in [6.45, 7) is 1.69. The maximum absolute atomic E-state index is 14.5. The van der Waals surface area contributed by atoms with Gasteiger partial charge in [-0.1, -0.05) is 41.4 Å². The van der Waals surface area contributed by atoms with Gasteiger partial charge < -0.3 is 16.0 Å². The van der Waals surface area contributed by atoms with Gasteiger partial charge in [-0.3, -0.25) is 4.79 Å². The average Bonchev–Trinajstić information content (AvgIpc) is 2.56. The van der Waals surface area contributed by atoms with Crippen LogP contribution in [0.4, 0.5) is 10.1 Å². The summed E-state index contributed by atoms with van der Waals surface area (Å²) >= 11 is 17.5. The van der Waals surface area contributed by atoms with Crippen molar-refractivity contribution in [2.75, 3.05) is 5.32 Å². The molecule has 0 fully saturated rings. The molecular formula is C18H14Cl2FN3OS. The Labute approximate surface area is 165 Å². The Balaban J connectivity index is 2.04. The number of halogens is 3. The lowest BCUT2D eigenvalue weighted by Gasteiger charge is -2.31. The van der Waals surface area contributed by atoms with E-state index in [2.05, 4.69) is 16.0 Å². The van der Waals surface area contributed by atoms with Gasteiger partial charge in [0.1, 0.15) is 5.82 Å². The SMILES string of the molecule is CC1=C(C(=O)Nc2ccccc2Cl)C(c2c(F)cccc2Cl)NC(=S)N1. The second kappa shape index (κ2) is 7.61. The molecule has 0 saturated carbocycles. The average molecular weight is 410 g/mol. The lowest BCUT2D eigenvalue weighted by Crippen LogP contribution is -2.46. The van der Waals surface area contributed by atoms with E-state index in [0.29, 0.717) is 16.4 Å². The number of carbonyl (C=O) groups is 1. The van der Waals surface area contributed by atoms with Crippen LogP contribution in [0.1, 0.15) is 18.5 Å². The van der Waals surface area contributed by atoms with Crippen molar-refractivity contribution < 1.29 is 9.18 Å². The molecule has 3 rings (SSSR count). The number of nitrogens with one attached hydrogen (secondary N) is 3. The van der Waals surface area contributed by atoms with Crippen molar-refractivity contribution in [2.24, 2.45) is 0 Å². The first-order valence-corrected chi connectivity index (χ1v) is 8.83. The molecule has 134 valence electrons. The fourth-order valence-electron chi connectivity index (χ4n) is 2.75. The van der Waals surface area contributed by atoms with Crippen molar-refractivity contribution >= 4 is 52.1 Å². The quantitative estimate of drug-likeness (QED) is 0.650. The Morgan fingerprint density at radius 3 is 2.54 bits per heavy atom. The summed E-state index contributed by atoms with van der Waals surface area (Å²) in [5.41, 5.74) is 1.38. The van der Waals surface area contributed by atoms with Crippen LogP contribution in [0.5, 0.6) is 0 Å². The van der Waals surface area contributed by atoms with Crippen LogP contribution in [0.3, 0.4) is 0 Å². The Hall–Kier alpha value is -2.15. The minimum Gasteiger partial charge on any atom is -0.351 e. The van der Waals surface area contributed by atoms with E-state index in [1.54, 1.807) is 37.3 Å². The highest BCUT2D eigenvalue weighted by molar-refractivity contribution is 7.80. The molecule has 1 atom stereocenters. The van der Waals surface area contributed by atoms with E-state index in [9.17, 15) is 9.18 Å². The van der Waals surface area contributed by atoms with Crippen LogP contribution >= 0.6 is 35.4 Å². The zero-order valence-electron chi connectivity index (χ0n) is 13.6. The van der Waals surface area contributed by atoms with Crippen molar-refractivity contribution in [3.8, 4) is 0 Å². The molecule has 1 aliphatic rings. The Kier molecular flexibility index (Phi) is 5.46. The Bertz CT molecular complexity index is 912. The molecule has 1 heterocycles. The summed E-state index contributed by atoms with van der Waals surface area (Å²) < 4.78 is 14.5. The number of amides is 1. The van der Waals surface area contributed by atoms with E-state index in [0.717, 1.165) is 0 Å². The van der Waals surface area contributed by atoms with E-state index in [4.69, 9.17) is 35.4 Å². The van der Waals surface area contributed by atoms with Gasteiger partial charge in [0.15, 0.2) is 5.11 Å². The summed E-state index contributed by atoms with van der Waals surface area (Å²) in [4.78, 5) is 12.9. The van der Waals surface area contributed by atoms with Crippen LogP contribution in [0.2, 0.25) is 10.0 Å². The zero-order valence-corrected chi connectivity index (χ0v) is 15.9. The number of rotatable bonds is 3. The van der Waals surface area contributed by atoms with Gasteiger partial charge >= 0.3 is 0 Å². The Morgan fingerprint density at radius 2 is 1.85 bits per heavy atom. The fourth-order valence-corrected chi connectivity index (χ4v) is 3.48. The van der Waals surface area contributed by atoms with Crippen LogP contribution in [0, 0.1) is 5.82 Å². The summed E-state index contributed by atoms with van der Waals surface area (Å²) in [5.74, 6) is -0.974. The third kappa shape index (κ3) is 3.67. The van der Waals surface area contributed by atoms with Crippen molar-refractivity contribution in [2.45, 2.75) is 13.0 Å². The molecule has 0 saturated heterocycles. The van der Waals surface area contributed by atoms with Gasteiger partial charge in [0.2, 0.25) is 0 Å². The van der Waals surface area contributed by atoms with E-state index >= 15 is 0 Å². The highest BCUT2D eigenvalue weighted by Gasteiger charge is 2.33. The lowest BCUT2D eigenvalue weighted by atomic mass is 9.94. The number of allylic oxidation sites excluding steroid dienone is 1. The number of hydrogen-bond acceptors (Lipinski definition) is 2. The summed E-state index contributed by atoms with van der Waals surface area (Å²) in [7, 11) is 0. The molecule has 2 aromatic rings. The van der Waals surface area contributed by atoms with Crippen LogP contribution in [0.25, 0.3) is 0 Å². The molecule has 2 aromatic carbocycles. The topological polar surface area (TPSA) is 53.2 Å². The minimum atomic E-state index is -0.833. The second-order valence-corrected chi connectivity index (χ2v) is 6.86. The maximum atomic E-state index is 14.5. The van der Waals surface area contributed by atoms with Gasteiger partial charge in [0.25, 0.3) is 5.91 Å². The number of benzene rings is 2. The third-order valence-electron chi connectivity index (χ3n) is 3.92. The summed E-state index contributed by atoms with van der Waals surface area (Å²) in [6.07, 6.45) is 0. The molecule has 1 amide bonds. The normalized spacial score (nSPS) is 16.8. The number of hydrogen-bond donors (Lipinski definition) is 3. The highest BCUT2D eigenvalue weighted by Crippen LogP contribution is 2.34.